The maximum absolute atomic E-state index is 13.1. The molecule has 1 amide bonds. The number of benzene rings is 1. The Labute approximate surface area is 128 Å². The van der Waals surface area contributed by atoms with Gasteiger partial charge in [0, 0.05) is 13.1 Å². The van der Waals surface area contributed by atoms with Crippen LogP contribution in [0.1, 0.15) is 12.8 Å². The number of fused-ring (bicyclic) bond motifs is 1. The van der Waals surface area contributed by atoms with Crippen LogP contribution < -0.4 is 10.6 Å². The van der Waals surface area contributed by atoms with E-state index in [1.54, 1.807) is 17.7 Å². The molecule has 1 aliphatic carbocycles. The number of aryl methyl sites for hydroxylation is 1. The quantitative estimate of drug-likeness (QED) is 0.888. The third kappa shape index (κ3) is 3.71. The number of halogens is 2. The molecular weight excluding hydrogens is 295 g/mol. The van der Waals surface area contributed by atoms with Gasteiger partial charge in [-0.25, -0.2) is 9.37 Å². The molecule has 1 aliphatic rings. The smallest absolute Gasteiger partial charge is 0.240 e. The molecule has 1 aromatic carbocycles. The van der Waals surface area contributed by atoms with Crippen LogP contribution in [0.5, 0.6) is 0 Å². The summed E-state index contributed by atoms with van der Waals surface area (Å²) in [5.41, 5.74) is 1.32. The van der Waals surface area contributed by atoms with Gasteiger partial charge in [-0.3, -0.25) is 10.1 Å². The highest BCUT2D eigenvalue weighted by molar-refractivity contribution is 5.92. The Kier molecular flexibility index (Phi) is 4.80. The van der Waals surface area contributed by atoms with Gasteiger partial charge in [0.25, 0.3) is 0 Å². The van der Waals surface area contributed by atoms with E-state index in [9.17, 15) is 9.18 Å². The van der Waals surface area contributed by atoms with Crippen molar-refractivity contribution in [2.45, 2.75) is 12.8 Å². The minimum atomic E-state index is -0.334. The second kappa shape index (κ2) is 6.41. The highest BCUT2D eigenvalue weighted by Gasteiger charge is 2.20. The fraction of sp³-hybridized carbons (Fsp3) is 0.429. The molecule has 0 aliphatic heterocycles. The maximum Gasteiger partial charge on any atom is 0.240 e. The predicted octanol–water partition coefficient (Wildman–Crippen LogP) is 2.07. The topological polar surface area (TPSA) is 59.0 Å². The van der Waals surface area contributed by atoms with Gasteiger partial charge in [0.15, 0.2) is 0 Å². The van der Waals surface area contributed by atoms with Crippen LogP contribution in [0.3, 0.4) is 0 Å². The van der Waals surface area contributed by atoms with Crippen molar-refractivity contribution >= 4 is 35.3 Å². The fourth-order valence-electron chi connectivity index (χ4n) is 2.17. The molecule has 0 spiro atoms. The number of hydrogen-bond donors (Lipinski definition) is 2. The lowest BCUT2D eigenvalue weighted by Crippen LogP contribution is -2.30. The van der Waals surface area contributed by atoms with E-state index in [4.69, 9.17) is 0 Å². The number of nitrogens with zero attached hydrogens (tertiary/aromatic N) is 2. The van der Waals surface area contributed by atoms with Crippen LogP contribution in [-0.2, 0) is 11.8 Å². The van der Waals surface area contributed by atoms with Crippen LogP contribution in [0.15, 0.2) is 18.2 Å². The van der Waals surface area contributed by atoms with Gasteiger partial charge in [0.2, 0.25) is 11.9 Å². The van der Waals surface area contributed by atoms with Crippen LogP contribution in [0.25, 0.3) is 11.0 Å². The average molecular weight is 313 g/mol. The first-order chi connectivity index (χ1) is 9.63. The summed E-state index contributed by atoms with van der Waals surface area (Å²) in [5.74, 6) is 0.703. The number of nitrogens with one attached hydrogen (secondary N) is 2. The van der Waals surface area contributed by atoms with Crippen molar-refractivity contribution in [3.05, 3.63) is 24.0 Å². The van der Waals surface area contributed by atoms with Crippen LogP contribution in [0, 0.1) is 11.7 Å². The van der Waals surface area contributed by atoms with Crippen LogP contribution in [0.4, 0.5) is 10.3 Å². The molecule has 7 heteroatoms. The van der Waals surface area contributed by atoms with Crippen LogP contribution >= 0.6 is 12.4 Å². The number of amides is 1. The lowest BCUT2D eigenvalue weighted by atomic mass is 10.3. The van der Waals surface area contributed by atoms with Crippen molar-refractivity contribution in [3.63, 3.8) is 0 Å². The summed E-state index contributed by atoms with van der Waals surface area (Å²) in [6.45, 7) is 1.16. The molecule has 21 heavy (non-hydrogen) atoms. The lowest BCUT2D eigenvalue weighted by Gasteiger charge is -2.06. The minimum Gasteiger partial charge on any atom is -0.313 e. The molecule has 1 aromatic heterocycles. The van der Waals surface area contributed by atoms with Gasteiger partial charge in [-0.1, -0.05) is 0 Å². The molecule has 0 unspecified atom stereocenters. The van der Waals surface area contributed by atoms with Gasteiger partial charge in [-0.15, -0.1) is 12.4 Å². The van der Waals surface area contributed by atoms with E-state index in [2.05, 4.69) is 15.6 Å². The Morgan fingerprint density at radius 3 is 2.95 bits per heavy atom. The largest absolute Gasteiger partial charge is 0.313 e. The zero-order valence-corrected chi connectivity index (χ0v) is 12.5. The Balaban J connectivity index is 0.00000161. The summed E-state index contributed by atoms with van der Waals surface area (Å²) in [4.78, 5) is 16.0. The van der Waals surface area contributed by atoms with E-state index in [0.717, 1.165) is 18.0 Å². The SMILES string of the molecule is Cl.Cn1c(NC(=O)CNCC2CC2)nc2cc(F)ccc21. The maximum atomic E-state index is 13.1. The molecular formula is C14H18ClFN4O. The van der Waals surface area contributed by atoms with Crippen molar-refractivity contribution in [3.8, 4) is 0 Å². The highest BCUT2D eigenvalue weighted by atomic mass is 35.5. The predicted molar refractivity (Wildman–Crippen MR) is 82.1 cm³/mol. The Morgan fingerprint density at radius 2 is 2.24 bits per heavy atom. The third-order valence-corrected chi connectivity index (χ3v) is 3.51. The van der Waals surface area contributed by atoms with E-state index in [1.165, 1.54) is 25.0 Å². The highest BCUT2D eigenvalue weighted by Crippen LogP contribution is 2.27. The molecule has 0 bridgehead atoms. The summed E-state index contributed by atoms with van der Waals surface area (Å²) in [7, 11) is 1.79. The number of imidazole rings is 1. The number of aromatic nitrogens is 2. The summed E-state index contributed by atoms with van der Waals surface area (Å²) in [6.07, 6.45) is 2.51. The Hall–Kier alpha value is -1.66. The summed E-state index contributed by atoms with van der Waals surface area (Å²) < 4.78 is 14.9. The monoisotopic (exact) mass is 312 g/mol. The zero-order valence-electron chi connectivity index (χ0n) is 11.7. The number of carbonyl (C=O) groups excluding carboxylic acids is 1. The first kappa shape index (κ1) is 15.7. The molecule has 1 saturated carbocycles. The van der Waals surface area contributed by atoms with E-state index in [-0.39, 0.29) is 30.7 Å². The van der Waals surface area contributed by atoms with E-state index >= 15 is 0 Å². The molecule has 0 saturated heterocycles. The van der Waals surface area contributed by atoms with Gasteiger partial charge >= 0.3 is 0 Å². The van der Waals surface area contributed by atoms with Gasteiger partial charge in [0.05, 0.1) is 17.6 Å². The molecule has 0 radical (unpaired) electrons. The van der Waals surface area contributed by atoms with E-state index < -0.39 is 0 Å². The number of rotatable bonds is 5. The van der Waals surface area contributed by atoms with Gasteiger partial charge < -0.3 is 9.88 Å². The first-order valence-corrected chi connectivity index (χ1v) is 6.76. The van der Waals surface area contributed by atoms with Gasteiger partial charge in [0.1, 0.15) is 5.82 Å². The van der Waals surface area contributed by atoms with Gasteiger partial charge in [-0.05, 0) is 37.4 Å². The van der Waals surface area contributed by atoms with Crippen molar-refractivity contribution in [2.24, 2.45) is 13.0 Å². The summed E-state index contributed by atoms with van der Waals surface area (Å²) in [6, 6.07) is 4.39. The minimum absolute atomic E-state index is 0. The van der Waals surface area contributed by atoms with Crippen molar-refractivity contribution < 1.29 is 9.18 Å². The standard InChI is InChI=1S/C14H17FN4O.ClH/c1-19-12-5-4-10(15)6-11(12)17-14(19)18-13(20)8-16-7-9-2-3-9;/h4-6,9,16H,2-3,7-8H2,1H3,(H,17,18,20);1H. The Bertz CT molecular complexity index is 654. The average Bonchev–Trinajstić information content (AvgIpc) is 3.17. The van der Waals surface area contributed by atoms with Crippen molar-refractivity contribution in [1.29, 1.82) is 0 Å². The number of anilines is 1. The number of hydrogen-bond acceptors (Lipinski definition) is 3. The molecule has 0 atom stereocenters. The van der Waals surface area contributed by atoms with E-state index in [1.807, 2.05) is 0 Å². The molecule has 2 N–H and O–H groups in total. The molecule has 5 nitrogen and oxygen atoms in total. The van der Waals surface area contributed by atoms with Crippen LogP contribution in [0.2, 0.25) is 0 Å². The lowest BCUT2D eigenvalue weighted by molar-refractivity contribution is -0.115. The normalized spacial score (nSPS) is 14.0. The summed E-state index contributed by atoms with van der Waals surface area (Å²) in [5, 5.41) is 5.86. The summed E-state index contributed by atoms with van der Waals surface area (Å²) >= 11 is 0. The molecule has 114 valence electrons. The zero-order chi connectivity index (χ0) is 14.1. The second-order valence-electron chi connectivity index (χ2n) is 5.25. The Morgan fingerprint density at radius 1 is 1.48 bits per heavy atom. The number of carbonyl (C=O) groups is 1. The molecule has 1 heterocycles. The van der Waals surface area contributed by atoms with E-state index in [0.29, 0.717) is 11.5 Å². The molecule has 3 rings (SSSR count). The molecule has 2 aromatic rings. The molecule has 1 fully saturated rings. The van der Waals surface area contributed by atoms with Crippen molar-refractivity contribution in [2.75, 3.05) is 18.4 Å². The first-order valence-electron chi connectivity index (χ1n) is 6.76. The second-order valence-corrected chi connectivity index (χ2v) is 5.25. The fourth-order valence-corrected chi connectivity index (χ4v) is 2.17. The van der Waals surface area contributed by atoms with Gasteiger partial charge in [-0.2, -0.15) is 0 Å². The van der Waals surface area contributed by atoms with Crippen LogP contribution in [-0.4, -0.2) is 28.5 Å². The third-order valence-electron chi connectivity index (χ3n) is 3.51. The van der Waals surface area contributed by atoms with Crippen molar-refractivity contribution in [1.82, 2.24) is 14.9 Å².